The van der Waals surface area contributed by atoms with Crippen LogP contribution in [0.4, 0.5) is 0 Å². The van der Waals surface area contributed by atoms with Gasteiger partial charge in [0.15, 0.2) is 0 Å². The van der Waals surface area contributed by atoms with Crippen LogP contribution in [-0.4, -0.2) is 6.04 Å². The number of nitrogens with one attached hydrogen (secondary N) is 1. The Bertz CT molecular complexity index is 275. The molecule has 1 aliphatic carbocycles. The molecule has 1 fully saturated rings. The van der Waals surface area contributed by atoms with Crippen LogP contribution in [0.15, 0.2) is 16.5 Å². The van der Waals surface area contributed by atoms with Crippen molar-refractivity contribution < 1.29 is 4.42 Å². The molecule has 0 bridgehead atoms. The summed E-state index contributed by atoms with van der Waals surface area (Å²) < 4.78 is 5.55. The summed E-state index contributed by atoms with van der Waals surface area (Å²) in [4.78, 5) is 0. The average Bonchev–Trinajstić information content (AvgIpc) is 2.44. The second-order valence-corrected chi connectivity index (χ2v) is 3.96. The van der Waals surface area contributed by atoms with Crippen LogP contribution in [0.25, 0.3) is 0 Å². The van der Waals surface area contributed by atoms with Crippen LogP contribution < -0.4 is 5.32 Å². The van der Waals surface area contributed by atoms with E-state index in [0.717, 1.165) is 17.6 Å². The van der Waals surface area contributed by atoms with Crippen LogP contribution in [0.2, 0.25) is 0 Å². The van der Waals surface area contributed by atoms with Gasteiger partial charge in [0.2, 0.25) is 0 Å². The SMILES string of the molecule is Cc1ccc(C(C)NC2CCC2)o1. The van der Waals surface area contributed by atoms with Gasteiger partial charge in [-0.05, 0) is 38.8 Å². The third kappa shape index (κ3) is 1.94. The Morgan fingerprint density at radius 2 is 2.23 bits per heavy atom. The van der Waals surface area contributed by atoms with Gasteiger partial charge in [0.25, 0.3) is 0 Å². The van der Waals surface area contributed by atoms with E-state index in [9.17, 15) is 0 Å². The van der Waals surface area contributed by atoms with Crippen molar-refractivity contribution >= 4 is 0 Å². The van der Waals surface area contributed by atoms with E-state index in [4.69, 9.17) is 4.42 Å². The second kappa shape index (κ2) is 3.54. The lowest BCUT2D eigenvalue weighted by Crippen LogP contribution is -2.36. The van der Waals surface area contributed by atoms with E-state index >= 15 is 0 Å². The molecule has 2 heteroatoms. The molecule has 13 heavy (non-hydrogen) atoms. The molecular weight excluding hydrogens is 162 g/mol. The Morgan fingerprint density at radius 3 is 2.69 bits per heavy atom. The summed E-state index contributed by atoms with van der Waals surface area (Å²) in [6.45, 7) is 4.15. The highest BCUT2D eigenvalue weighted by molar-refractivity contribution is 5.09. The maximum Gasteiger partial charge on any atom is 0.120 e. The largest absolute Gasteiger partial charge is 0.465 e. The summed E-state index contributed by atoms with van der Waals surface area (Å²) in [6, 6.07) is 5.17. The van der Waals surface area contributed by atoms with Gasteiger partial charge < -0.3 is 9.73 Å². The van der Waals surface area contributed by atoms with Gasteiger partial charge in [-0.15, -0.1) is 0 Å². The fourth-order valence-electron chi connectivity index (χ4n) is 1.70. The predicted molar refractivity (Wildman–Crippen MR) is 52.6 cm³/mol. The van der Waals surface area contributed by atoms with Gasteiger partial charge in [0.05, 0.1) is 6.04 Å². The molecule has 1 saturated carbocycles. The Labute approximate surface area is 79.3 Å². The summed E-state index contributed by atoms with van der Waals surface area (Å²) >= 11 is 0. The minimum atomic E-state index is 0.360. The molecule has 1 aliphatic rings. The smallest absolute Gasteiger partial charge is 0.120 e. The molecule has 72 valence electrons. The van der Waals surface area contributed by atoms with Crippen LogP contribution in [0.1, 0.15) is 43.7 Å². The third-order valence-electron chi connectivity index (χ3n) is 2.78. The lowest BCUT2D eigenvalue weighted by molar-refractivity contribution is 0.292. The molecule has 0 spiro atoms. The van der Waals surface area contributed by atoms with E-state index in [1.165, 1.54) is 19.3 Å². The standard InChI is InChI=1S/C11H17NO/c1-8-6-7-11(13-8)9(2)12-10-4-3-5-10/h6-7,9-10,12H,3-5H2,1-2H3. The monoisotopic (exact) mass is 179 g/mol. The number of hydrogen-bond donors (Lipinski definition) is 1. The topological polar surface area (TPSA) is 25.2 Å². The minimum absolute atomic E-state index is 0.360. The predicted octanol–water partition coefficient (Wildman–Crippen LogP) is 2.79. The molecule has 2 rings (SSSR count). The van der Waals surface area contributed by atoms with E-state index in [2.05, 4.69) is 18.3 Å². The zero-order chi connectivity index (χ0) is 9.26. The van der Waals surface area contributed by atoms with Crippen molar-refractivity contribution in [3.8, 4) is 0 Å². The first-order valence-corrected chi connectivity index (χ1v) is 5.08. The summed E-state index contributed by atoms with van der Waals surface area (Å²) in [5.74, 6) is 2.06. The van der Waals surface area contributed by atoms with Crippen molar-refractivity contribution in [2.24, 2.45) is 0 Å². The number of rotatable bonds is 3. The molecule has 0 amide bonds. The van der Waals surface area contributed by atoms with Crippen molar-refractivity contribution in [1.82, 2.24) is 5.32 Å². The highest BCUT2D eigenvalue weighted by Gasteiger charge is 2.20. The Hall–Kier alpha value is -0.760. The summed E-state index contributed by atoms with van der Waals surface area (Å²) in [5, 5.41) is 3.55. The van der Waals surface area contributed by atoms with Gasteiger partial charge in [-0.1, -0.05) is 6.42 Å². The van der Waals surface area contributed by atoms with Crippen molar-refractivity contribution in [3.05, 3.63) is 23.7 Å². The first-order chi connectivity index (χ1) is 6.25. The van der Waals surface area contributed by atoms with E-state index in [0.29, 0.717) is 6.04 Å². The van der Waals surface area contributed by atoms with Crippen LogP contribution in [-0.2, 0) is 0 Å². The third-order valence-corrected chi connectivity index (χ3v) is 2.78. The maximum absolute atomic E-state index is 5.55. The quantitative estimate of drug-likeness (QED) is 0.771. The lowest BCUT2D eigenvalue weighted by atomic mass is 9.92. The van der Waals surface area contributed by atoms with E-state index < -0.39 is 0 Å². The van der Waals surface area contributed by atoms with Crippen molar-refractivity contribution in [2.75, 3.05) is 0 Å². The first-order valence-electron chi connectivity index (χ1n) is 5.08. The molecule has 0 saturated heterocycles. The number of hydrogen-bond acceptors (Lipinski definition) is 2. The summed E-state index contributed by atoms with van der Waals surface area (Å²) in [5.41, 5.74) is 0. The van der Waals surface area contributed by atoms with Gasteiger partial charge in [0.1, 0.15) is 11.5 Å². The van der Waals surface area contributed by atoms with Crippen LogP contribution in [0.5, 0.6) is 0 Å². The van der Waals surface area contributed by atoms with Gasteiger partial charge in [-0.2, -0.15) is 0 Å². The van der Waals surface area contributed by atoms with Gasteiger partial charge in [0, 0.05) is 6.04 Å². The van der Waals surface area contributed by atoms with Gasteiger partial charge in [-0.3, -0.25) is 0 Å². The van der Waals surface area contributed by atoms with Gasteiger partial charge in [-0.25, -0.2) is 0 Å². The lowest BCUT2D eigenvalue weighted by Gasteiger charge is -2.29. The molecule has 1 aromatic heterocycles. The number of aryl methyl sites for hydroxylation is 1. The van der Waals surface area contributed by atoms with Crippen LogP contribution in [0, 0.1) is 6.92 Å². The molecule has 1 atom stereocenters. The fraction of sp³-hybridized carbons (Fsp3) is 0.636. The Kier molecular flexibility index (Phi) is 2.40. The van der Waals surface area contributed by atoms with Crippen LogP contribution >= 0.6 is 0 Å². The van der Waals surface area contributed by atoms with E-state index in [1.54, 1.807) is 0 Å². The summed E-state index contributed by atoms with van der Waals surface area (Å²) in [6.07, 6.45) is 4.02. The molecule has 1 aromatic rings. The fourth-order valence-corrected chi connectivity index (χ4v) is 1.70. The van der Waals surface area contributed by atoms with Crippen molar-refractivity contribution in [1.29, 1.82) is 0 Å². The maximum atomic E-state index is 5.55. The molecular formula is C11H17NO. The Balaban J connectivity index is 1.92. The molecule has 1 heterocycles. The zero-order valence-electron chi connectivity index (χ0n) is 8.34. The van der Waals surface area contributed by atoms with E-state index in [1.807, 2.05) is 13.0 Å². The number of furan rings is 1. The normalized spacial score (nSPS) is 19.8. The zero-order valence-corrected chi connectivity index (χ0v) is 8.34. The highest BCUT2D eigenvalue weighted by atomic mass is 16.3. The summed E-state index contributed by atoms with van der Waals surface area (Å²) in [7, 11) is 0. The van der Waals surface area contributed by atoms with Crippen LogP contribution in [0.3, 0.4) is 0 Å². The highest BCUT2D eigenvalue weighted by Crippen LogP contribution is 2.23. The molecule has 1 unspecified atom stereocenters. The van der Waals surface area contributed by atoms with Crippen molar-refractivity contribution in [2.45, 2.75) is 45.2 Å². The average molecular weight is 179 g/mol. The molecule has 0 aliphatic heterocycles. The Morgan fingerprint density at radius 1 is 1.46 bits per heavy atom. The molecule has 2 nitrogen and oxygen atoms in total. The van der Waals surface area contributed by atoms with E-state index in [-0.39, 0.29) is 0 Å². The van der Waals surface area contributed by atoms with Gasteiger partial charge >= 0.3 is 0 Å². The first kappa shape index (κ1) is 8.82. The molecule has 0 aromatic carbocycles. The molecule has 0 radical (unpaired) electrons. The molecule has 1 N–H and O–H groups in total. The van der Waals surface area contributed by atoms with Crippen molar-refractivity contribution in [3.63, 3.8) is 0 Å². The minimum Gasteiger partial charge on any atom is -0.465 e. The second-order valence-electron chi connectivity index (χ2n) is 3.96.